The molecule has 37 heavy (non-hydrogen) atoms. The average molecular weight is 504 g/mol. The van der Waals surface area contributed by atoms with Gasteiger partial charge >= 0.3 is 11.7 Å². The molecule has 0 aliphatic heterocycles. The summed E-state index contributed by atoms with van der Waals surface area (Å²) in [6, 6.07) is 20.6. The fourth-order valence-corrected chi connectivity index (χ4v) is 3.86. The van der Waals surface area contributed by atoms with Crippen LogP contribution in [-0.2, 0) is 18.0 Å². The monoisotopic (exact) mass is 503 g/mol. The number of carbonyl (C=O) groups excluding carboxylic acids is 1. The molecular formula is C28H25NO8. The fourth-order valence-electron chi connectivity index (χ4n) is 3.86. The summed E-state index contributed by atoms with van der Waals surface area (Å²) in [5.74, 6) is 0.913. The number of nitrogens with zero attached hydrogens (tertiary/aromatic N) is 1. The lowest BCUT2D eigenvalue weighted by Gasteiger charge is -2.14. The first kappa shape index (κ1) is 25.3. The largest absolute Gasteiger partial charge is 0.497 e. The number of hydrogen-bond donors (Lipinski definition) is 0. The minimum Gasteiger partial charge on any atom is -0.497 e. The van der Waals surface area contributed by atoms with E-state index in [1.54, 1.807) is 50.6 Å². The van der Waals surface area contributed by atoms with Gasteiger partial charge in [0, 0.05) is 0 Å². The van der Waals surface area contributed by atoms with Gasteiger partial charge in [0.25, 0.3) is 0 Å². The second-order valence-corrected chi connectivity index (χ2v) is 8.01. The van der Waals surface area contributed by atoms with Crippen LogP contribution in [0.3, 0.4) is 0 Å². The first-order chi connectivity index (χ1) is 17.9. The smallest absolute Gasteiger partial charge is 0.342 e. The van der Waals surface area contributed by atoms with Crippen LogP contribution in [-0.4, -0.2) is 32.2 Å². The standard InChI is InChI=1S/C28H25NO8/c1-33-21-8-4-6-18(12-21)16-36-26-14-20-10-11-25(35-3)27(29(31)32)23(20)15-24(26)28(30)37-17-19-7-5-9-22(13-19)34-2/h4-15H,16-17H2,1-3H3. The molecule has 9 nitrogen and oxygen atoms in total. The lowest BCUT2D eigenvalue weighted by atomic mass is 10.0. The second-order valence-electron chi connectivity index (χ2n) is 8.01. The van der Waals surface area contributed by atoms with Crippen LogP contribution in [0.15, 0.2) is 72.8 Å². The highest BCUT2D eigenvalue weighted by atomic mass is 16.6. The molecule has 0 atom stereocenters. The van der Waals surface area contributed by atoms with Gasteiger partial charge < -0.3 is 23.7 Å². The summed E-state index contributed by atoms with van der Waals surface area (Å²) in [5, 5.41) is 12.6. The van der Waals surface area contributed by atoms with Crippen LogP contribution in [0.2, 0.25) is 0 Å². The van der Waals surface area contributed by atoms with Crippen molar-refractivity contribution in [2.45, 2.75) is 13.2 Å². The van der Waals surface area contributed by atoms with Gasteiger partial charge in [0.15, 0.2) is 5.75 Å². The molecule has 0 bridgehead atoms. The topological polar surface area (TPSA) is 106 Å². The van der Waals surface area contributed by atoms with E-state index in [-0.39, 0.29) is 41.3 Å². The molecule has 0 radical (unpaired) electrons. The SMILES string of the molecule is COc1cccc(COC(=O)c2cc3c([N+](=O)[O-])c(OC)ccc3cc2OCc2cccc(OC)c2)c1. The molecule has 9 heteroatoms. The zero-order valence-electron chi connectivity index (χ0n) is 20.6. The van der Waals surface area contributed by atoms with Crippen molar-refractivity contribution in [2.24, 2.45) is 0 Å². The van der Waals surface area contributed by atoms with Gasteiger partial charge in [-0.2, -0.15) is 0 Å². The predicted octanol–water partition coefficient (Wildman–Crippen LogP) is 5.71. The van der Waals surface area contributed by atoms with Crippen LogP contribution >= 0.6 is 0 Å². The summed E-state index contributed by atoms with van der Waals surface area (Å²) in [5.41, 5.74) is 1.34. The summed E-state index contributed by atoms with van der Waals surface area (Å²) >= 11 is 0. The second kappa shape index (κ2) is 11.3. The van der Waals surface area contributed by atoms with Gasteiger partial charge in [0.2, 0.25) is 0 Å². The van der Waals surface area contributed by atoms with Gasteiger partial charge in [0.05, 0.1) is 31.6 Å². The van der Waals surface area contributed by atoms with Crippen LogP contribution in [0, 0.1) is 10.1 Å². The zero-order valence-corrected chi connectivity index (χ0v) is 20.6. The molecule has 0 spiro atoms. The number of benzene rings is 4. The first-order valence-corrected chi connectivity index (χ1v) is 11.3. The quantitative estimate of drug-likeness (QED) is 0.154. The van der Waals surface area contributed by atoms with E-state index >= 15 is 0 Å². The molecule has 0 aliphatic carbocycles. The average Bonchev–Trinajstić information content (AvgIpc) is 2.93. The highest BCUT2D eigenvalue weighted by Gasteiger charge is 2.24. The predicted molar refractivity (Wildman–Crippen MR) is 137 cm³/mol. The van der Waals surface area contributed by atoms with E-state index in [1.807, 2.05) is 24.3 Å². The molecule has 4 rings (SSSR count). The Morgan fingerprint density at radius 1 is 0.784 bits per heavy atom. The third-order valence-corrected chi connectivity index (χ3v) is 5.71. The molecule has 0 saturated heterocycles. The van der Waals surface area contributed by atoms with Crippen molar-refractivity contribution in [1.82, 2.24) is 0 Å². The Hall–Kier alpha value is -4.79. The number of methoxy groups -OCH3 is 3. The minimum absolute atomic E-state index is 0.0242. The molecule has 0 amide bonds. The van der Waals surface area contributed by atoms with Crippen LogP contribution < -0.4 is 18.9 Å². The number of nitro groups is 1. The lowest BCUT2D eigenvalue weighted by molar-refractivity contribution is -0.383. The maximum atomic E-state index is 13.2. The third-order valence-electron chi connectivity index (χ3n) is 5.71. The van der Waals surface area contributed by atoms with E-state index in [2.05, 4.69) is 0 Å². The molecule has 0 N–H and O–H groups in total. The van der Waals surface area contributed by atoms with Crippen LogP contribution in [0.1, 0.15) is 21.5 Å². The van der Waals surface area contributed by atoms with Gasteiger partial charge in [-0.25, -0.2) is 4.79 Å². The number of esters is 1. The Balaban J connectivity index is 1.72. The summed E-state index contributed by atoms with van der Waals surface area (Å²) in [6.45, 7) is 0.112. The van der Waals surface area contributed by atoms with E-state index in [4.69, 9.17) is 23.7 Å². The highest BCUT2D eigenvalue weighted by molar-refractivity contribution is 6.02. The van der Waals surface area contributed by atoms with Crippen molar-refractivity contribution in [3.05, 3.63) is 99.6 Å². The van der Waals surface area contributed by atoms with E-state index in [1.165, 1.54) is 19.2 Å². The van der Waals surface area contributed by atoms with Gasteiger partial charge in [-0.3, -0.25) is 10.1 Å². The van der Waals surface area contributed by atoms with E-state index < -0.39 is 10.9 Å². The van der Waals surface area contributed by atoms with Crippen molar-refractivity contribution in [3.63, 3.8) is 0 Å². The number of fused-ring (bicyclic) bond motifs is 1. The number of hydrogen-bond acceptors (Lipinski definition) is 8. The Morgan fingerprint density at radius 3 is 2.03 bits per heavy atom. The summed E-state index contributed by atoms with van der Waals surface area (Å²) in [4.78, 5) is 24.5. The molecule has 0 unspecified atom stereocenters. The molecule has 4 aromatic rings. The van der Waals surface area contributed by atoms with Crippen molar-refractivity contribution in [2.75, 3.05) is 21.3 Å². The van der Waals surface area contributed by atoms with Gasteiger partial charge in [-0.1, -0.05) is 30.3 Å². The van der Waals surface area contributed by atoms with Gasteiger partial charge in [0.1, 0.15) is 36.0 Å². The summed E-state index contributed by atoms with van der Waals surface area (Å²) in [6.07, 6.45) is 0. The molecular weight excluding hydrogens is 478 g/mol. The molecule has 0 saturated carbocycles. The molecule has 0 aromatic heterocycles. The van der Waals surface area contributed by atoms with Crippen molar-refractivity contribution < 1.29 is 33.4 Å². The Morgan fingerprint density at radius 2 is 1.43 bits per heavy atom. The molecule has 0 aliphatic rings. The normalized spacial score (nSPS) is 10.6. The Labute approximate surface area is 213 Å². The molecule has 0 heterocycles. The highest BCUT2D eigenvalue weighted by Crippen LogP contribution is 2.38. The van der Waals surface area contributed by atoms with Crippen LogP contribution in [0.25, 0.3) is 10.8 Å². The van der Waals surface area contributed by atoms with E-state index in [0.717, 1.165) is 11.1 Å². The number of rotatable bonds is 10. The molecule has 4 aromatic carbocycles. The Kier molecular flexibility index (Phi) is 7.73. The first-order valence-electron chi connectivity index (χ1n) is 11.3. The fraction of sp³-hybridized carbons (Fsp3) is 0.179. The van der Waals surface area contributed by atoms with Crippen molar-refractivity contribution in [1.29, 1.82) is 0 Å². The molecule has 0 fully saturated rings. The van der Waals surface area contributed by atoms with Gasteiger partial charge in [-0.15, -0.1) is 0 Å². The minimum atomic E-state index is -0.692. The number of carbonyl (C=O) groups is 1. The molecule has 190 valence electrons. The lowest BCUT2D eigenvalue weighted by Crippen LogP contribution is -2.09. The van der Waals surface area contributed by atoms with Crippen LogP contribution in [0.5, 0.6) is 23.0 Å². The van der Waals surface area contributed by atoms with E-state index in [0.29, 0.717) is 16.9 Å². The summed E-state index contributed by atoms with van der Waals surface area (Å²) in [7, 11) is 4.47. The number of ether oxygens (including phenoxy) is 5. The third kappa shape index (κ3) is 5.72. The zero-order chi connectivity index (χ0) is 26.4. The maximum Gasteiger partial charge on any atom is 0.342 e. The maximum absolute atomic E-state index is 13.2. The van der Waals surface area contributed by atoms with E-state index in [9.17, 15) is 14.9 Å². The Bertz CT molecular complexity index is 1450. The van der Waals surface area contributed by atoms with Crippen LogP contribution in [0.4, 0.5) is 5.69 Å². The number of nitro benzene ring substituents is 1. The van der Waals surface area contributed by atoms with Crippen molar-refractivity contribution in [3.8, 4) is 23.0 Å². The summed E-state index contributed by atoms with van der Waals surface area (Å²) < 4.78 is 27.2. The van der Waals surface area contributed by atoms with Crippen molar-refractivity contribution >= 4 is 22.4 Å². The van der Waals surface area contributed by atoms with Gasteiger partial charge in [-0.05, 0) is 59.0 Å².